The van der Waals surface area contributed by atoms with Crippen LogP contribution in [0, 0.1) is 7.14 Å². The summed E-state index contributed by atoms with van der Waals surface area (Å²) in [7, 11) is 0. The van der Waals surface area contributed by atoms with Crippen LogP contribution in [-0.2, 0) is 11.2 Å². The van der Waals surface area contributed by atoms with E-state index < -0.39 is 12.0 Å². The number of aromatic hydroxyl groups is 1. The maximum Gasteiger partial charge on any atom is 0.320 e. The first-order valence-electron chi connectivity index (χ1n) is 6.30. The average molecular weight is 525 g/mol. The predicted molar refractivity (Wildman–Crippen MR) is 99.4 cm³/mol. The maximum absolute atomic E-state index is 10.7. The van der Waals surface area contributed by atoms with Crippen molar-refractivity contribution in [2.24, 2.45) is 5.73 Å². The molecule has 0 saturated carbocycles. The number of phenolic OH excluding ortho intramolecular Hbond substituents is 1. The van der Waals surface area contributed by atoms with E-state index in [1.165, 1.54) is 0 Å². The lowest BCUT2D eigenvalue weighted by molar-refractivity contribution is -0.138. The van der Waals surface area contributed by atoms with Crippen molar-refractivity contribution in [3.8, 4) is 17.2 Å². The van der Waals surface area contributed by atoms with Gasteiger partial charge in [-0.05, 0) is 81.4 Å². The fourth-order valence-electron chi connectivity index (χ4n) is 1.80. The fourth-order valence-corrected chi connectivity index (χ4v) is 3.75. The Labute approximate surface area is 154 Å². The first-order valence-corrected chi connectivity index (χ1v) is 8.45. The van der Waals surface area contributed by atoms with E-state index in [9.17, 15) is 9.90 Å². The molecular weight excluding hydrogens is 512 g/mol. The number of benzene rings is 2. The lowest BCUT2D eigenvalue weighted by Crippen LogP contribution is -2.32. The zero-order valence-electron chi connectivity index (χ0n) is 11.3. The first-order chi connectivity index (χ1) is 10.4. The summed E-state index contributed by atoms with van der Waals surface area (Å²) in [4.78, 5) is 10.7. The van der Waals surface area contributed by atoms with Crippen LogP contribution < -0.4 is 10.5 Å². The standard InChI is InChI=1S/C15H13I2NO4/c16-11-6-9(19)7-12(17)14(11)22-10-3-1-8(2-4-10)5-13(18)15(20)21/h1-4,6-7,13,19H,5,18H2,(H,20,21)/t13-/m0/s1. The van der Waals surface area contributed by atoms with Crippen LogP contribution in [0.5, 0.6) is 17.2 Å². The summed E-state index contributed by atoms with van der Waals surface area (Å²) in [5.74, 6) is 0.482. The van der Waals surface area contributed by atoms with Gasteiger partial charge in [0, 0.05) is 0 Å². The van der Waals surface area contributed by atoms with Gasteiger partial charge in [0.05, 0.1) is 7.14 Å². The van der Waals surface area contributed by atoms with Crippen LogP contribution in [0.4, 0.5) is 0 Å². The van der Waals surface area contributed by atoms with Gasteiger partial charge in [0.2, 0.25) is 0 Å². The normalized spacial score (nSPS) is 12.0. The molecule has 116 valence electrons. The molecule has 2 aromatic rings. The van der Waals surface area contributed by atoms with Crippen LogP contribution in [0.15, 0.2) is 36.4 Å². The number of hydrogen-bond donors (Lipinski definition) is 3. The van der Waals surface area contributed by atoms with Gasteiger partial charge in [-0.1, -0.05) is 12.1 Å². The molecule has 5 nitrogen and oxygen atoms in total. The molecule has 1 atom stereocenters. The number of halogens is 2. The van der Waals surface area contributed by atoms with Crippen molar-refractivity contribution in [1.29, 1.82) is 0 Å². The van der Waals surface area contributed by atoms with E-state index in [1.807, 2.05) is 0 Å². The van der Waals surface area contributed by atoms with Gasteiger partial charge < -0.3 is 20.7 Å². The molecular formula is C15H13I2NO4. The molecule has 0 aliphatic carbocycles. The third-order valence-corrected chi connectivity index (χ3v) is 4.50. The van der Waals surface area contributed by atoms with Crippen LogP contribution in [-0.4, -0.2) is 22.2 Å². The summed E-state index contributed by atoms with van der Waals surface area (Å²) in [5.41, 5.74) is 6.34. The summed E-state index contributed by atoms with van der Waals surface area (Å²) in [6.45, 7) is 0. The number of hydrogen-bond acceptors (Lipinski definition) is 4. The molecule has 7 heteroatoms. The maximum atomic E-state index is 10.7. The Morgan fingerprint density at radius 2 is 1.73 bits per heavy atom. The van der Waals surface area contributed by atoms with Gasteiger partial charge in [-0.3, -0.25) is 4.79 Å². The van der Waals surface area contributed by atoms with Gasteiger partial charge in [0.1, 0.15) is 17.5 Å². The number of carboxylic acid groups (broad SMARTS) is 1. The molecule has 0 radical (unpaired) electrons. The third-order valence-electron chi connectivity index (χ3n) is 2.90. The van der Waals surface area contributed by atoms with Crippen LogP contribution in [0.1, 0.15) is 5.56 Å². The summed E-state index contributed by atoms with van der Waals surface area (Å²) >= 11 is 4.19. The average Bonchev–Trinajstić information content (AvgIpc) is 2.44. The minimum absolute atomic E-state index is 0.194. The van der Waals surface area contributed by atoms with E-state index in [4.69, 9.17) is 15.6 Å². The molecule has 4 N–H and O–H groups in total. The Bertz CT molecular complexity index is 665. The van der Waals surface area contributed by atoms with Gasteiger partial charge >= 0.3 is 5.97 Å². The van der Waals surface area contributed by atoms with Crippen molar-refractivity contribution >= 4 is 51.2 Å². The van der Waals surface area contributed by atoms with E-state index in [0.717, 1.165) is 12.7 Å². The number of aliphatic carboxylic acids is 1. The number of carboxylic acids is 1. The molecule has 0 unspecified atom stereocenters. The molecule has 2 rings (SSSR count). The smallest absolute Gasteiger partial charge is 0.320 e. The molecule has 0 spiro atoms. The Morgan fingerprint density at radius 3 is 2.23 bits per heavy atom. The third kappa shape index (κ3) is 4.46. The second-order valence-electron chi connectivity index (χ2n) is 4.63. The van der Waals surface area contributed by atoms with Crippen LogP contribution in [0.25, 0.3) is 0 Å². The SMILES string of the molecule is N[C@@H](Cc1ccc(Oc2c(I)cc(O)cc2I)cc1)C(=O)O. The predicted octanol–water partition coefficient (Wildman–Crippen LogP) is 3.35. The molecule has 22 heavy (non-hydrogen) atoms. The molecule has 0 aliphatic rings. The van der Waals surface area contributed by atoms with Crippen molar-refractivity contribution in [2.45, 2.75) is 12.5 Å². The lowest BCUT2D eigenvalue weighted by Gasteiger charge is -2.11. The number of carbonyl (C=O) groups is 1. The van der Waals surface area contributed by atoms with Crippen LogP contribution in [0.2, 0.25) is 0 Å². The van der Waals surface area contributed by atoms with Crippen LogP contribution in [0.3, 0.4) is 0 Å². The van der Waals surface area contributed by atoms with Crippen LogP contribution >= 0.6 is 45.2 Å². The monoisotopic (exact) mass is 525 g/mol. The summed E-state index contributed by atoms with van der Waals surface area (Å²) in [6, 6.07) is 9.45. The highest BCUT2D eigenvalue weighted by molar-refractivity contribution is 14.1. The zero-order valence-corrected chi connectivity index (χ0v) is 15.6. The second-order valence-corrected chi connectivity index (χ2v) is 6.96. The summed E-state index contributed by atoms with van der Waals surface area (Å²) < 4.78 is 7.44. The van der Waals surface area contributed by atoms with Gasteiger partial charge in [-0.2, -0.15) is 0 Å². The highest BCUT2D eigenvalue weighted by Crippen LogP contribution is 2.34. The number of nitrogens with two attached hydrogens (primary N) is 1. The lowest BCUT2D eigenvalue weighted by atomic mass is 10.1. The minimum atomic E-state index is -1.02. The summed E-state index contributed by atoms with van der Waals surface area (Å²) in [6.07, 6.45) is 0.268. The fraction of sp³-hybridized carbons (Fsp3) is 0.133. The molecule has 0 saturated heterocycles. The Kier molecular flexibility index (Phi) is 5.87. The summed E-state index contributed by atoms with van der Waals surface area (Å²) in [5, 5.41) is 18.3. The van der Waals surface area contributed by atoms with Crippen molar-refractivity contribution in [3.05, 3.63) is 49.1 Å². The van der Waals surface area contributed by atoms with Gasteiger partial charge in [0.15, 0.2) is 5.75 Å². The quantitative estimate of drug-likeness (QED) is 0.522. The number of rotatable bonds is 5. The Hall–Kier alpha value is -1.07. The van der Waals surface area contributed by atoms with Crippen molar-refractivity contribution in [2.75, 3.05) is 0 Å². The molecule has 0 amide bonds. The topological polar surface area (TPSA) is 92.8 Å². The van der Waals surface area contributed by atoms with E-state index in [2.05, 4.69) is 45.2 Å². The van der Waals surface area contributed by atoms with E-state index in [0.29, 0.717) is 11.5 Å². The van der Waals surface area contributed by atoms with Crippen molar-refractivity contribution < 1.29 is 19.7 Å². The molecule has 0 aromatic heterocycles. The highest BCUT2D eigenvalue weighted by Gasteiger charge is 2.13. The van der Waals surface area contributed by atoms with E-state index in [-0.39, 0.29) is 12.2 Å². The highest BCUT2D eigenvalue weighted by atomic mass is 127. The zero-order chi connectivity index (χ0) is 16.3. The van der Waals surface area contributed by atoms with E-state index >= 15 is 0 Å². The van der Waals surface area contributed by atoms with Crippen molar-refractivity contribution in [1.82, 2.24) is 0 Å². The van der Waals surface area contributed by atoms with E-state index in [1.54, 1.807) is 36.4 Å². The first kappa shape index (κ1) is 17.3. The molecule has 0 aliphatic heterocycles. The number of phenols is 1. The number of ether oxygens (including phenoxy) is 1. The van der Waals surface area contributed by atoms with Crippen molar-refractivity contribution in [3.63, 3.8) is 0 Å². The second kappa shape index (κ2) is 7.47. The largest absolute Gasteiger partial charge is 0.508 e. The molecule has 0 heterocycles. The molecule has 0 fully saturated rings. The Balaban J connectivity index is 2.14. The Morgan fingerprint density at radius 1 is 1.18 bits per heavy atom. The minimum Gasteiger partial charge on any atom is -0.508 e. The van der Waals surface area contributed by atoms with Gasteiger partial charge in [0.25, 0.3) is 0 Å². The van der Waals surface area contributed by atoms with Gasteiger partial charge in [-0.25, -0.2) is 0 Å². The molecule has 2 aromatic carbocycles. The van der Waals surface area contributed by atoms with Gasteiger partial charge in [-0.15, -0.1) is 0 Å². The molecule has 0 bridgehead atoms.